The van der Waals surface area contributed by atoms with E-state index in [0.29, 0.717) is 0 Å². The van der Waals surface area contributed by atoms with Gasteiger partial charge < -0.3 is 4.74 Å². The van der Waals surface area contributed by atoms with E-state index in [9.17, 15) is 8.78 Å². The Morgan fingerprint density at radius 2 is 2.06 bits per heavy atom. The normalized spacial score (nSPS) is 11.4. The number of hydrogen-bond acceptors (Lipinski definition) is 2. The van der Waals surface area contributed by atoms with Crippen molar-refractivity contribution < 1.29 is 13.5 Å². The molecular weight excluding hydrogens is 236 g/mol. The first-order chi connectivity index (χ1) is 8.42. The monoisotopic (exact) mass is 253 g/mol. The lowest BCUT2D eigenvalue weighted by Gasteiger charge is -2.19. The molecule has 0 saturated heterocycles. The zero-order valence-corrected chi connectivity index (χ0v) is 10.8. The Kier molecular flexibility index (Phi) is 4.66. The highest BCUT2D eigenvalue weighted by molar-refractivity contribution is 5.41. The first-order valence-corrected chi connectivity index (χ1v) is 5.85. The SMILES string of the molecule is COc1cc(C(C)C)ccc1C(F)(F)CCC#N. The Balaban J connectivity index is 3.13. The molecule has 0 aliphatic heterocycles. The molecule has 0 fully saturated rings. The molecule has 98 valence electrons. The van der Waals surface area contributed by atoms with Crippen molar-refractivity contribution in [1.29, 1.82) is 5.26 Å². The van der Waals surface area contributed by atoms with Crippen LogP contribution in [-0.2, 0) is 5.92 Å². The molecule has 0 amide bonds. The minimum atomic E-state index is -3.03. The van der Waals surface area contributed by atoms with Gasteiger partial charge in [0.2, 0.25) is 0 Å². The molecule has 0 radical (unpaired) electrons. The Morgan fingerprint density at radius 1 is 1.39 bits per heavy atom. The first-order valence-electron chi connectivity index (χ1n) is 5.85. The number of ether oxygens (including phenoxy) is 1. The Morgan fingerprint density at radius 3 is 2.56 bits per heavy atom. The van der Waals surface area contributed by atoms with Crippen LogP contribution in [0.5, 0.6) is 5.75 Å². The van der Waals surface area contributed by atoms with E-state index in [-0.39, 0.29) is 23.7 Å². The third-order valence-corrected chi connectivity index (χ3v) is 2.84. The van der Waals surface area contributed by atoms with E-state index in [2.05, 4.69) is 0 Å². The van der Waals surface area contributed by atoms with Crippen molar-refractivity contribution in [3.63, 3.8) is 0 Å². The number of halogens is 2. The summed E-state index contributed by atoms with van der Waals surface area (Å²) in [5, 5.41) is 8.41. The molecule has 0 saturated carbocycles. The van der Waals surface area contributed by atoms with Gasteiger partial charge >= 0.3 is 0 Å². The minimum Gasteiger partial charge on any atom is -0.496 e. The third-order valence-electron chi connectivity index (χ3n) is 2.84. The van der Waals surface area contributed by atoms with Crippen LogP contribution in [0.2, 0.25) is 0 Å². The van der Waals surface area contributed by atoms with E-state index in [1.807, 2.05) is 13.8 Å². The molecule has 4 heteroatoms. The van der Waals surface area contributed by atoms with E-state index in [1.54, 1.807) is 18.2 Å². The molecule has 18 heavy (non-hydrogen) atoms. The summed E-state index contributed by atoms with van der Waals surface area (Å²) in [4.78, 5) is 0. The van der Waals surface area contributed by atoms with Crippen LogP contribution in [0.4, 0.5) is 8.78 Å². The maximum absolute atomic E-state index is 13.9. The fourth-order valence-electron chi connectivity index (χ4n) is 1.72. The van der Waals surface area contributed by atoms with Gasteiger partial charge in [-0.2, -0.15) is 5.26 Å². The van der Waals surface area contributed by atoms with Crippen molar-refractivity contribution >= 4 is 0 Å². The van der Waals surface area contributed by atoms with E-state index >= 15 is 0 Å². The van der Waals surface area contributed by atoms with Gasteiger partial charge in [-0.15, -0.1) is 0 Å². The Labute approximate surface area is 106 Å². The summed E-state index contributed by atoms with van der Waals surface area (Å²) in [5.74, 6) is -2.60. The number of benzene rings is 1. The molecule has 2 nitrogen and oxygen atoms in total. The highest BCUT2D eigenvalue weighted by Crippen LogP contribution is 2.39. The maximum atomic E-state index is 13.9. The van der Waals surface area contributed by atoms with Gasteiger partial charge in [-0.1, -0.05) is 19.9 Å². The molecule has 0 aliphatic carbocycles. The number of rotatable bonds is 5. The number of nitriles is 1. The lowest BCUT2D eigenvalue weighted by atomic mass is 9.97. The van der Waals surface area contributed by atoms with Gasteiger partial charge in [0.1, 0.15) is 5.75 Å². The highest BCUT2D eigenvalue weighted by atomic mass is 19.3. The van der Waals surface area contributed by atoms with Crippen LogP contribution < -0.4 is 4.74 Å². The molecule has 0 N–H and O–H groups in total. The molecule has 0 unspecified atom stereocenters. The smallest absolute Gasteiger partial charge is 0.277 e. The summed E-state index contributed by atoms with van der Waals surface area (Å²) in [5.41, 5.74) is 0.802. The second-order valence-corrected chi connectivity index (χ2v) is 4.48. The fourth-order valence-corrected chi connectivity index (χ4v) is 1.72. The van der Waals surface area contributed by atoms with Gasteiger partial charge in [0, 0.05) is 12.8 Å². The number of methoxy groups -OCH3 is 1. The lowest BCUT2D eigenvalue weighted by Crippen LogP contribution is -2.14. The molecule has 1 aromatic carbocycles. The van der Waals surface area contributed by atoms with Gasteiger partial charge in [-0.25, -0.2) is 8.78 Å². The Hall–Kier alpha value is -1.63. The van der Waals surface area contributed by atoms with Crippen LogP contribution in [0.1, 0.15) is 43.7 Å². The van der Waals surface area contributed by atoms with Crippen molar-refractivity contribution in [1.82, 2.24) is 0 Å². The second-order valence-electron chi connectivity index (χ2n) is 4.48. The van der Waals surface area contributed by atoms with Crippen LogP contribution in [0.15, 0.2) is 18.2 Å². The maximum Gasteiger partial charge on any atom is 0.277 e. The number of nitrogens with zero attached hydrogens (tertiary/aromatic N) is 1. The molecule has 0 heterocycles. The average Bonchev–Trinajstić information content (AvgIpc) is 2.35. The van der Waals surface area contributed by atoms with Gasteiger partial charge in [0.25, 0.3) is 5.92 Å². The molecule has 0 aliphatic rings. The van der Waals surface area contributed by atoms with Crippen molar-refractivity contribution in [3.8, 4) is 11.8 Å². The first kappa shape index (κ1) is 14.4. The number of hydrogen-bond donors (Lipinski definition) is 0. The van der Waals surface area contributed by atoms with Gasteiger partial charge in [0.05, 0.1) is 18.7 Å². The van der Waals surface area contributed by atoms with Gasteiger partial charge in [0.15, 0.2) is 0 Å². The van der Waals surface area contributed by atoms with Gasteiger partial charge in [-0.3, -0.25) is 0 Å². The van der Waals surface area contributed by atoms with E-state index in [1.165, 1.54) is 13.2 Å². The van der Waals surface area contributed by atoms with Crippen LogP contribution in [-0.4, -0.2) is 7.11 Å². The van der Waals surface area contributed by atoms with Crippen LogP contribution in [0, 0.1) is 11.3 Å². The summed E-state index contributed by atoms with van der Waals surface area (Å²) >= 11 is 0. The standard InChI is InChI=1S/C14H17F2NO/c1-10(2)11-5-6-12(13(9-11)18-3)14(15,16)7-4-8-17/h5-6,9-10H,4,7H2,1-3H3. The van der Waals surface area contributed by atoms with Crippen LogP contribution >= 0.6 is 0 Å². The Bertz CT molecular complexity index is 450. The zero-order valence-electron chi connectivity index (χ0n) is 10.8. The highest BCUT2D eigenvalue weighted by Gasteiger charge is 2.34. The molecule has 1 aromatic rings. The summed E-state index contributed by atoms with van der Waals surface area (Å²) in [6.07, 6.45) is -0.664. The van der Waals surface area contributed by atoms with Crippen molar-refractivity contribution in [2.75, 3.05) is 7.11 Å². The largest absolute Gasteiger partial charge is 0.496 e. The summed E-state index contributed by atoms with van der Waals surface area (Å²) in [7, 11) is 1.38. The predicted molar refractivity (Wildman–Crippen MR) is 65.8 cm³/mol. The zero-order chi connectivity index (χ0) is 13.8. The molecule has 0 aromatic heterocycles. The van der Waals surface area contributed by atoms with Crippen LogP contribution in [0.3, 0.4) is 0 Å². The van der Waals surface area contributed by atoms with Crippen molar-refractivity contribution in [2.45, 2.75) is 38.5 Å². The third kappa shape index (κ3) is 3.19. The van der Waals surface area contributed by atoms with Crippen molar-refractivity contribution in [2.24, 2.45) is 0 Å². The summed E-state index contributed by atoms with van der Waals surface area (Å²) < 4.78 is 32.8. The molecule has 0 spiro atoms. The molecule has 1 rings (SSSR count). The molecular formula is C14H17F2NO. The molecule has 0 bridgehead atoms. The van der Waals surface area contributed by atoms with E-state index < -0.39 is 12.3 Å². The molecule has 0 atom stereocenters. The lowest BCUT2D eigenvalue weighted by molar-refractivity contribution is -0.0140. The average molecular weight is 253 g/mol. The van der Waals surface area contributed by atoms with Crippen LogP contribution in [0.25, 0.3) is 0 Å². The quantitative estimate of drug-likeness (QED) is 0.787. The summed E-state index contributed by atoms with van der Waals surface area (Å²) in [6.45, 7) is 3.98. The van der Waals surface area contributed by atoms with Gasteiger partial charge in [-0.05, 0) is 23.6 Å². The summed E-state index contributed by atoms with van der Waals surface area (Å²) in [6, 6.07) is 6.46. The minimum absolute atomic E-state index is 0.148. The van der Waals surface area contributed by atoms with E-state index in [0.717, 1.165) is 5.56 Å². The van der Waals surface area contributed by atoms with E-state index in [4.69, 9.17) is 10.00 Å². The predicted octanol–water partition coefficient (Wildman–Crippen LogP) is 4.21. The number of alkyl halides is 2. The second kappa shape index (κ2) is 5.81. The van der Waals surface area contributed by atoms with Crippen molar-refractivity contribution in [3.05, 3.63) is 29.3 Å². The topological polar surface area (TPSA) is 33.0 Å². The fraction of sp³-hybridized carbons (Fsp3) is 0.500.